The zero-order valence-electron chi connectivity index (χ0n) is 8.11. The van der Waals surface area contributed by atoms with Crippen LogP contribution in [0.4, 0.5) is 0 Å². The molecule has 1 aromatic heterocycles. The molecule has 0 bridgehead atoms. The van der Waals surface area contributed by atoms with Crippen LogP contribution in [0.5, 0.6) is 0 Å². The third kappa shape index (κ3) is 3.22. The Morgan fingerprint density at radius 1 is 1.50 bits per heavy atom. The molecule has 0 unspecified atom stereocenters. The average Bonchev–Trinajstić information content (AvgIpc) is 2.72. The lowest BCUT2D eigenvalue weighted by Crippen LogP contribution is -2.27. The van der Waals surface area contributed by atoms with Crippen molar-refractivity contribution in [2.45, 2.75) is 23.6 Å². The summed E-state index contributed by atoms with van der Waals surface area (Å²) in [6, 6.07) is 0. The molecule has 1 fully saturated rings. The lowest BCUT2D eigenvalue weighted by Gasteiger charge is -2.21. The van der Waals surface area contributed by atoms with Crippen molar-refractivity contribution >= 4 is 23.3 Å². The van der Waals surface area contributed by atoms with Crippen LogP contribution in [0.3, 0.4) is 0 Å². The van der Waals surface area contributed by atoms with Gasteiger partial charge in [0.1, 0.15) is 6.33 Å². The smallest absolute Gasteiger partial charge is 0.169 e. The maximum absolute atomic E-state index is 4.16. The fraction of sp³-hybridized carbons (Fsp3) is 0.778. The summed E-state index contributed by atoms with van der Waals surface area (Å²) >= 11 is 3.34. The van der Waals surface area contributed by atoms with Gasteiger partial charge in [0.15, 0.2) is 4.34 Å². The van der Waals surface area contributed by atoms with E-state index in [4.69, 9.17) is 0 Å². The molecule has 1 aliphatic rings. The van der Waals surface area contributed by atoms with Crippen LogP contribution in [0.2, 0.25) is 0 Å². The SMILES string of the molecule is c1nsc(SCCC2CCNCC2)n1. The van der Waals surface area contributed by atoms with E-state index in [2.05, 4.69) is 14.7 Å². The minimum absolute atomic E-state index is 0.927. The largest absolute Gasteiger partial charge is 0.317 e. The molecular weight excluding hydrogens is 214 g/mol. The molecule has 0 aromatic carbocycles. The van der Waals surface area contributed by atoms with Gasteiger partial charge in [0.2, 0.25) is 0 Å². The van der Waals surface area contributed by atoms with Crippen molar-refractivity contribution in [3.05, 3.63) is 6.33 Å². The summed E-state index contributed by atoms with van der Waals surface area (Å²) in [4.78, 5) is 4.16. The van der Waals surface area contributed by atoms with E-state index in [9.17, 15) is 0 Å². The first kappa shape index (κ1) is 10.4. The second-order valence-corrected chi connectivity index (χ2v) is 5.66. The number of hydrogen-bond donors (Lipinski definition) is 1. The number of nitrogens with zero attached hydrogens (tertiary/aromatic N) is 2. The average molecular weight is 229 g/mol. The molecule has 2 heterocycles. The zero-order chi connectivity index (χ0) is 9.64. The Labute approximate surface area is 92.9 Å². The van der Waals surface area contributed by atoms with Crippen LogP contribution in [-0.2, 0) is 0 Å². The summed E-state index contributed by atoms with van der Waals surface area (Å²) in [6.07, 6.45) is 5.65. The first-order valence-corrected chi connectivity index (χ1v) is 6.81. The number of thioether (sulfide) groups is 1. The lowest BCUT2D eigenvalue weighted by molar-refractivity contribution is 0.367. The highest BCUT2D eigenvalue weighted by Crippen LogP contribution is 2.23. The van der Waals surface area contributed by atoms with Crippen molar-refractivity contribution in [3.8, 4) is 0 Å². The van der Waals surface area contributed by atoms with E-state index in [1.54, 1.807) is 6.33 Å². The summed E-state index contributed by atoms with van der Waals surface area (Å²) in [6.45, 7) is 2.41. The van der Waals surface area contributed by atoms with Gasteiger partial charge >= 0.3 is 0 Å². The molecular formula is C9H15N3S2. The van der Waals surface area contributed by atoms with Gasteiger partial charge in [-0.2, -0.15) is 4.37 Å². The minimum atomic E-state index is 0.927. The highest BCUT2D eigenvalue weighted by atomic mass is 32.2. The molecule has 5 heteroatoms. The summed E-state index contributed by atoms with van der Waals surface area (Å²) < 4.78 is 5.10. The van der Waals surface area contributed by atoms with E-state index in [0.29, 0.717) is 0 Å². The summed E-state index contributed by atoms with van der Waals surface area (Å²) in [7, 11) is 0. The van der Waals surface area contributed by atoms with E-state index in [1.807, 2.05) is 11.8 Å². The van der Waals surface area contributed by atoms with E-state index >= 15 is 0 Å². The van der Waals surface area contributed by atoms with Crippen LogP contribution >= 0.6 is 23.3 Å². The van der Waals surface area contributed by atoms with E-state index in [0.717, 1.165) is 10.3 Å². The zero-order valence-corrected chi connectivity index (χ0v) is 9.74. The van der Waals surface area contributed by atoms with Crippen LogP contribution in [0.1, 0.15) is 19.3 Å². The van der Waals surface area contributed by atoms with Crippen LogP contribution in [0, 0.1) is 5.92 Å². The molecule has 0 spiro atoms. The Hall–Kier alpha value is -0.130. The van der Waals surface area contributed by atoms with Gasteiger partial charge in [-0.25, -0.2) is 4.98 Å². The van der Waals surface area contributed by atoms with Crippen molar-refractivity contribution in [1.82, 2.24) is 14.7 Å². The summed E-state index contributed by atoms with van der Waals surface area (Å²) in [5.74, 6) is 2.12. The Bertz CT molecular complexity index is 245. The normalized spacial score (nSPS) is 18.6. The first-order chi connectivity index (χ1) is 6.95. The van der Waals surface area contributed by atoms with Crippen molar-refractivity contribution in [1.29, 1.82) is 0 Å². The van der Waals surface area contributed by atoms with E-state index in [-0.39, 0.29) is 0 Å². The molecule has 1 N–H and O–H groups in total. The quantitative estimate of drug-likeness (QED) is 0.802. The molecule has 0 atom stereocenters. The molecule has 3 nitrogen and oxygen atoms in total. The predicted octanol–water partition coefficient (Wildman–Crippen LogP) is 2.02. The Morgan fingerprint density at radius 2 is 2.36 bits per heavy atom. The Kier molecular flexibility index (Phi) is 4.21. The third-order valence-electron chi connectivity index (χ3n) is 2.55. The van der Waals surface area contributed by atoms with Gasteiger partial charge in [-0.15, -0.1) is 0 Å². The number of nitrogens with one attached hydrogen (secondary N) is 1. The molecule has 1 aromatic rings. The molecule has 1 aliphatic heterocycles. The van der Waals surface area contributed by atoms with Crippen LogP contribution in [0.15, 0.2) is 10.7 Å². The second kappa shape index (κ2) is 5.68. The summed E-state index contributed by atoms with van der Waals surface area (Å²) in [5.41, 5.74) is 0. The molecule has 0 saturated carbocycles. The van der Waals surface area contributed by atoms with Gasteiger partial charge in [0.05, 0.1) is 0 Å². The summed E-state index contributed by atoms with van der Waals surface area (Å²) in [5, 5.41) is 3.39. The standard InChI is InChI=1S/C9H15N3S2/c1-4-10-5-2-8(1)3-6-13-9-11-7-12-14-9/h7-8,10H,1-6H2. The number of hydrogen-bond acceptors (Lipinski definition) is 5. The maximum Gasteiger partial charge on any atom is 0.169 e. The molecule has 78 valence electrons. The van der Waals surface area contributed by atoms with Gasteiger partial charge in [-0.1, -0.05) is 11.8 Å². The fourth-order valence-corrected chi connectivity index (χ4v) is 3.33. The molecule has 2 rings (SSSR count). The highest BCUT2D eigenvalue weighted by molar-refractivity contribution is 8.00. The molecule has 0 radical (unpaired) electrons. The van der Waals surface area contributed by atoms with Crippen molar-refractivity contribution in [2.75, 3.05) is 18.8 Å². The third-order valence-corrected chi connectivity index (χ3v) is 4.38. The van der Waals surface area contributed by atoms with Gasteiger partial charge in [-0.05, 0) is 49.8 Å². The van der Waals surface area contributed by atoms with Gasteiger partial charge < -0.3 is 5.32 Å². The lowest BCUT2D eigenvalue weighted by atomic mass is 9.96. The van der Waals surface area contributed by atoms with Gasteiger partial charge in [0, 0.05) is 5.75 Å². The molecule has 0 amide bonds. The Balaban J connectivity index is 1.62. The molecule has 1 saturated heterocycles. The topological polar surface area (TPSA) is 37.8 Å². The monoisotopic (exact) mass is 229 g/mol. The molecule has 14 heavy (non-hydrogen) atoms. The van der Waals surface area contributed by atoms with Gasteiger partial charge in [-0.3, -0.25) is 0 Å². The number of piperidine rings is 1. The van der Waals surface area contributed by atoms with Crippen LogP contribution < -0.4 is 5.32 Å². The fourth-order valence-electron chi connectivity index (χ4n) is 1.71. The molecule has 0 aliphatic carbocycles. The first-order valence-electron chi connectivity index (χ1n) is 5.05. The van der Waals surface area contributed by atoms with Crippen molar-refractivity contribution in [3.63, 3.8) is 0 Å². The van der Waals surface area contributed by atoms with Crippen molar-refractivity contribution < 1.29 is 0 Å². The maximum atomic E-state index is 4.16. The second-order valence-electron chi connectivity index (χ2n) is 3.54. The van der Waals surface area contributed by atoms with Crippen LogP contribution in [0.25, 0.3) is 0 Å². The van der Waals surface area contributed by atoms with Crippen LogP contribution in [-0.4, -0.2) is 28.2 Å². The predicted molar refractivity (Wildman–Crippen MR) is 60.8 cm³/mol. The number of aromatic nitrogens is 2. The highest BCUT2D eigenvalue weighted by Gasteiger charge is 2.12. The van der Waals surface area contributed by atoms with E-state index < -0.39 is 0 Å². The Morgan fingerprint density at radius 3 is 3.07 bits per heavy atom. The van der Waals surface area contributed by atoms with Crippen molar-refractivity contribution in [2.24, 2.45) is 5.92 Å². The van der Waals surface area contributed by atoms with E-state index in [1.165, 1.54) is 49.6 Å². The number of rotatable bonds is 4. The minimum Gasteiger partial charge on any atom is -0.317 e. The van der Waals surface area contributed by atoms with Gasteiger partial charge in [0.25, 0.3) is 0 Å².